The third-order valence-corrected chi connectivity index (χ3v) is 4.25. The molecule has 2 aromatic rings. The number of aryl methyl sites for hydroxylation is 1. The molecule has 3 rings (SSSR count). The highest BCUT2D eigenvalue weighted by Crippen LogP contribution is 2.24. The van der Waals surface area contributed by atoms with Crippen LogP contribution in [0.4, 0.5) is 5.69 Å². The number of hydrogen-bond donors (Lipinski definition) is 2. The van der Waals surface area contributed by atoms with Gasteiger partial charge in [-0.05, 0) is 62.1 Å². The van der Waals surface area contributed by atoms with E-state index >= 15 is 0 Å². The Hall–Kier alpha value is -2.13. The van der Waals surface area contributed by atoms with Gasteiger partial charge in [0.15, 0.2) is 0 Å². The van der Waals surface area contributed by atoms with E-state index < -0.39 is 0 Å². The molecular formula is C19H22N2O. The van der Waals surface area contributed by atoms with Crippen LogP contribution in [0.25, 0.3) is 0 Å². The molecule has 0 aromatic heterocycles. The van der Waals surface area contributed by atoms with Crippen molar-refractivity contribution in [2.45, 2.75) is 25.7 Å². The molecule has 22 heavy (non-hydrogen) atoms. The number of piperidine rings is 1. The Kier molecular flexibility index (Phi) is 4.54. The van der Waals surface area contributed by atoms with Crippen molar-refractivity contribution >= 4 is 11.6 Å². The first-order chi connectivity index (χ1) is 10.7. The molecule has 0 unspecified atom stereocenters. The van der Waals surface area contributed by atoms with Gasteiger partial charge < -0.3 is 10.6 Å². The van der Waals surface area contributed by atoms with Crippen LogP contribution in [0.15, 0.2) is 48.5 Å². The van der Waals surface area contributed by atoms with E-state index in [2.05, 4.69) is 22.8 Å². The minimum absolute atomic E-state index is 0.0629. The number of rotatable bonds is 3. The summed E-state index contributed by atoms with van der Waals surface area (Å²) in [6.45, 7) is 4.19. The molecule has 1 aliphatic heterocycles. The smallest absolute Gasteiger partial charge is 0.255 e. The number of nitrogens with one attached hydrogen (secondary N) is 2. The summed E-state index contributed by atoms with van der Waals surface area (Å²) in [4.78, 5) is 12.2. The van der Waals surface area contributed by atoms with Crippen molar-refractivity contribution in [3.63, 3.8) is 0 Å². The third-order valence-electron chi connectivity index (χ3n) is 4.25. The molecule has 0 saturated carbocycles. The minimum atomic E-state index is -0.0629. The van der Waals surface area contributed by atoms with E-state index in [0.29, 0.717) is 11.5 Å². The van der Waals surface area contributed by atoms with Gasteiger partial charge in [0.1, 0.15) is 0 Å². The predicted octanol–water partition coefficient (Wildman–Crippen LogP) is 3.71. The second kappa shape index (κ2) is 6.75. The van der Waals surface area contributed by atoms with Crippen LogP contribution < -0.4 is 10.6 Å². The van der Waals surface area contributed by atoms with Gasteiger partial charge in [0, 0.05) is 17.8 Å². The lowest BCUT2D eigenvalue weighted by atomic mass is 9.91. The Balaban J connectivity index is 1.65. The van der Waals surface area contributed by atoms with Crippen LogP contribution in [0.3, 0.4) is 0 Å². The molecule has 1 amide bonds. The zero-order valence-electron chi connectivity index (χ0n) is 12.9. The quantitative estimate of drug-likeness (QED) is 0.906. The van der Waals surface area contributed by atoms with Crippen LogP contribution in [-0.4, -0.2) is 19.0 Å². The van der Waals surface area contributed by atoms with Gasteiger partial charge in [0.25, 0.3) is 5.91 Å². The molecule has 2 aromatic carbocycles. The largest absolute Gasteiger partial charge is 0.322 e. The molecule has 0 bridgehead atoms. The predicted molar refractivity (Wildman–Crippen MR) is 90.4 cm³/mol. The fourth-order valence-electron chi connectivity index (χ4n) is 2.88. The normalized spacial score (nSPS) is 18.0. The van der Waals surface area contributed by atoms with E-state index in [1.165, 1.54) is 18.4 Å². The Bertz CT molecular complexity index is 625. The van der Waals surface area contributed by atoms with Gasteiger partial charge in [-0.25, -0.2) is 0 Å². The summed E-state index contributed by atoms with van der Waals surface area (Å²) in [5.74, 6) is 0.530. The lowest BCUT2D eigenvalue weighted by Gasteiger charge is -2.23. The zero-order valence-corrected chi connectivity index (χ0v) is 12.9. The van der Waals surface area contributed by atoms with Gasteiger partial charge >= 0.3 is 0 Å². The van der Waals surface area contributed by atoms with Crippen molar-refractivity contribution in [2.24, 2.45) is 0 Å². The second-order valence-electron chi connectivity index (χ2n) is 5.99. The lowest BCUT2D eigenvalue weighted by Crippen LogP contribution is -2.28. The van der Waals surface area contributed by atoms with Gasteiger partial charge in [-0.2, -0.15) is 0 Å². The molecule has 114 valence electrons. The molecule has 0 spiro atoms. The highest BCUT2D eigenvalue weighted by atomic mass is 16.1. The average Bonchev–Trinajstić information content (AvgIpc) is 2.57. The Morgan fingerprint density at radius 2 is 1.82 bits per heavy atom. The minimum Gasteiger partial charge on any atom is -0.322 e. The zero-order chi connectivity index (χ0) is 15.4. The molecule has 1 heterocycles. The van der Waals surface area contributed by atoms with Crippen LogP contribution >= 0.6 is 0 Å². The SMILES string of the molecule is Cc1ccc(C(=O)Nc2ccc([C@@H]3CCCNC3)cc2)cc1. The van der Waals surface area contributed by atoms with Crippen LogP contribution in [-0.2, 0) is 0 Å². The summed E-state index contributed by atoms with van der Waals surface area (Å²) in [6, 6.07) is 15.9. The number of amides is 1. The number of carbonyl (C=O) groups is 1. The Labute approximate surface area is 131 Å². The number of benzene rings is 2. The van der Waals surface area contributed by atoms with Gasteiger partial charge in [-0.3, -0.25) is 4.79 Å². The summed E-state index contributed by atoms with van der Waals surface area (Å²) in [6.07, 6.45) is 2.47. The van der Waals surface area contributed by atoms with Crippen molar-refractivity contribution in [3.05, 3.63) is 65.2 Å². The number of carbonyl (C=O) groups excluding carboxylic acids is 1. The molecule has 1 aliphatic rings. The highest BCUT2D eigenvalue weighted by Gasteiger charge is 2.15. The van der Waals surface area contributed by atoms with Crippen LogP contribution in [0, 0.1) is 6.92 Å². The topological polar surface area (TPSA) is 41.1 Å². The van der Waals surface area contributed by atoms with Crippen LogP contribution in [0.5, 0.6) is 0 Å². The van der Waals surface area contributed by atoms with E-state index in [0.717, 1.165) is 24.3 Å². The number of anilines is 1. The van der Waals surface area contributed by atoms with Crippen molar-refractivity contribution < 1.29 is 4.79 Å². The molecule has 3 heteroatoms. The summed E-state index contributed by atoms with van der Waals surface area (Å²) in [7, 11) is 0. The molecule has 2 N–H and O–H groups in total. The number of hydrogen-bond acceptors (Lipinski definition) is 2. The van der Waals surface area contributed by atoms with Gasteiger partial charge in [0.2, 0.25) is 0 Å². The van der Waals surface area contributed by atoms with Crippen molar-refractivity contribution in [1.29, 1.82) is 0 Å². The monoisotopic (exact) mass is 294 g/mol. The molecule has 3 nitrogen and oxygen atoms in total. The Morgan fingerprint density at radius 1 is 1.09 bits per heavy atom. The molecular weight excluding hydrogens is 272 g/mol. The van der Waals surface area contributed by atoms with Gasteiger partial charge in [0.05, 0.1) is 0 Å². The Morgan fingerprint density at radius 3 is 2.45 bits per heavy atom. The average molecular weight is 294 g/mol. The van der Waals surface area contributed by atoms with Crippen molar-refractivity contribution in [3.8, 4) is 0 Å². The first-order valence-electron chi connectivity index (χ1n) is 7.91. The maximum Gasteiger partial charge on any atom is 0.255 e. The second-order valence-corrected chi connectivity index (χ2v) is 5.99. The highest BCUT2D eigenvalue weighted by molar-refractivity contribution is 6.04. The van der Waals surface area contributed by atoms with Crippen LogP contribution in [0.1, 0.15) is 40.2 Å². The van der Waals surface area contributed by atoms with Gasteiger partial charge in [-0.15, -0.1) is 0 Å². The van der Waals surface area contributed by atoms with Gasteiger partial charge in [-0.1, -0.05) is 29.8 Å². The standard InChI is InChI=1S/C19H22N2O/c1-14-4-6-16(7-5-14)19(22)21-18-10-8-15(9-11-18)17-3-2-12-20-13-17/h4-11,17,20H,2-3,12-13H2,1H3,(H,21,22)/t17-/m1/s1. The fourth-order valence-corrected chi connectivity index (χ4v) is 2.88. The third kappa shape index (κ3) is 3.55. The molecule has 1 saturated heterocycles. The fraction of sp³-hybridized carbons (Fsp3) is 0.316. The summed E-state index contributed by atoms with van der Waals surface area (Å²) in [5.41, 5.74) is 4.03. The lowest BCUT2D eigenvalue weighted by molar-refractivity contribution is 0.102. The van der Waals surface area contributed by atoms with E-state index in [1.54, 1.807) is 0 Å². The van der Waals surface area contributed by atoms with E-state index in [9.17, 15) is 4.79 Å². The first-order valence-corrected chi connectivity index (χ1v) is 7.91. The first kappa shape index (κ1) is 14.8. The van der Waals surface area contributed by atoms with E-state index in [1.807, 2.05) is 43.3 Å². The summed E-state index contributed by atoms with van der Waals surface area (Å²) < 4.78 is 0. The molecule has 0 aliphatic carbocycles. The maximum atomic E-state index is 12.2. The van der Waals surface area contributed by atoms with E-state index in [-0.39, 0.29) is 5.91 Å². The summed E-state index contributed by atoms with van der Waals surface area (Å²) in [5, 5.41) is 6.39. The van der Waals surface area contributed by atoms with Crippen LogP contribution in [0.2, 0.25) is 0 Å². The molecule has 1 atom stereocenters. The molecule has 1 fully saturated rings. The molecule has 0 radical (unpaired) electrons. The van der Waals surface area contributed by atoms with Crippen molar-refractivity contribution in [2.75, 3.05) is 18.4 Å². The van der Waals surface area contributed by atoms with Crippen molar-refractivity contribution in [1.82, 2.24) is 5.32 Å². The van der Waals surface area contributed by atoms with E-state index in [4.69, 9.17) is 0 Å². The summed E-state index contributed by atoms with van der Waals surface area (Å²) >= 11 is 0. The maximum absolute atomic E-state index is 12.2.